The second-order valence-corrected chi connectivity index (χ2v) is 5.71. The predicted molar refractivity (Wildman–Crippen MR) is 88.2 cm³/mol. The number of aromatic nitrogens is 3. The van der Waals surface area contributed by atoms with E-state index in [0.29, 0.717) is 5.02 Å². The van der Waals surface area contributed by atoms with E-state index in [9.17, 15) is 0 Å². The second-order valence-electron chi connectivity index (χ2n) is 4.93. The van der Waals surface area contributed by atoms with Crippen LogP contribution in [0.2, 0.25) is 10.3 Å². The molecule has 0 saturated carbocycles. The van der Waals surface area contributed by atoms with Gasteiger partial charge in [-0.05, 0) is 39.7 Å². The summed E-state index contributed by atoms with van der Waals surface area (Å²) in [6.45, 7) is 0. The lowest BCUT2D eigenvalue weighted by Crippen LogP contribution is -2.28. The fourth-order valence-corrected chi connectivity index (χ4v) is 2.88. The van der Waals surface area contributed by atoms with Crippen molar-refractivity contribution in [1.29, 1.82) is 0 Å². The molecular formula is C17H10Cl2N3+. The van der Waals surface area contributed by atoms with Gasteiger partial charge in [0, 0.05) is 21.8 Å². The summed E-state index contributed by atoms with van der Waals surface area (Å²) < 4.78 is 1.77. The molecular weight excluding hydrogens is 317 g/mol. The van der Waals surface area contributed by atoms with Gasteiger partial charge < -0.3 is 0 Å². The summed E-state index contributed by atoms with van der Waals surface area (Å²) in [6, 6.07) is 17.7. The van der Waals surface area contributed by atoms with E-state index >= 15 is 0 Å². The zero-order chi connectivity index (χ0) is 15.1. The molecule has 2 aromatic carbocycles. The van der Waals surface area contributed by atoms with Crippen molar-refractivity contribution in [1.82, 2.24) is 10.1 Å². The van der Waals surface area contributed by atoms with Gasteiger partial charge in [-0.3, -0.25) is 0 Å². The highest BCUT2D eigenvalue weighted by atomic mass is 35.5. The first-order valence-electron chi connectivity index (χ1n) is 6.75. The van der Waals surface area contributed by atoms with E-state index < -0.39 is 0 Å². The fraction of sp³-hybridized carbons (Fsp3) is 0. The van der Waals surface area contributed by atoms with Crippen molar-refractivity contribution in [3.8, 4) is 11.3 Å². The topological polar surface area (TPSA) is 29.9 Å². The average molecular weight is 327 g/mol. The van der Waals surface area contributed by atoms with E-state index in [0.717, 1.165) is 27.5 Å². The van der Waals surface area contributed by atoms with Gasteiger partial charge in [0.25, 0.3) is 10.8 Å². The molecule has 2 heterocycles. The summed E-state index contributed by atoms with van der Waals surface area (Å²) >= 11 is 12.1. The number of hydrogen-bond donors (Lipinski definition) is 0. The van der Waals surface area contributed by atoms with Gasteiger partial charge in [-0.25, -0.2) is 4.98 Å². The minimum atomic E-state index is 0.206. The molecule has 0 unspecified atom stereocenters. The maximum atomic E-state index is 6.09. The molecule has 0 fully saturated rings. The Bertz CT molecular complexity index is 998. The van der Waals surface area contributed by atoms with Crippen LogP contribution in [0.5, 0.6) is 0 Å². The van der Waals surface area contributed by atoms with E-state index in [1.54, 1.807) is 4.52 Å². The lowest BCUT2D eigenvalue weighted by Gasteiger charge is -2.03. The highest BCUT2D eigenvalue weighted by Crippen LogP contribution is 2.27. The highest BCUT2D eigenvalue weighted by molar-refractivity contribution is 6.30. The standard InChI is InChI=1S/C17H10Cl2N3/c18-13-7-5-12(6-8-13)15-16-14-4-2-1-3-11(14)9-10-22(16)21-17(19)20-15/h1-10H/q+1. The number of nitrogens with zero attached hydrogens (tertiary/aromatic N) is 3. The first-order chi connectivity index (χ1) is 10.7. The number of benzene rings is 2. The van der Waals surface area contributed by atoms with Crippen molar-refractivity contribution >= 4 is 39.5 Å². The largest absolute Gasteiger partial charge is 0.289 e. The molecule has 0 atom stereocenters. The summed E-state index contributed by atoms with van der Waals surface area (Å²) in [6.07, 6.45) is 1.89. The van der Waals surface area contributed by atoms with Gasteiger partial charge in [-0.15, -0.1) is 0 Å². The number of fused-ring (bicyclic) bond motifs is 3. The molecule has 0 N–H and O–H groups in total. The fourth-order valence-electron chi connectivity index (χ4n) is 2.59. The van der Waals surface area contributed by atoms with E-state index in [2.05, 4.69) is 22.2 Å². The molecule has 0 aliphatic heterocycles. The maximum absolute atomic E-state index is 6.09. The summed E-state index contributed by atoms with van der Waals surface area (Å²) in [5, 5.41) is 7.37. The zero-order valence-electron chi connectivity index (χ0n) is 11.4. The molecule has 0 aliphatic rings. The van der Waals surface area contributed by atoms with Crippen molar-refractivity contribution in [3.63, 3.8) is 0 Å². The van der Waals surface area contributed by atoms with Gasteiger partial charge >= 0.3 is 0 Å². The van der Waals surface area contributed by atoms with Gasteiger partial charge in [-0.2, -0.15) is 0 Å². The summed E-state index contributed by atoms with van der Waals surface area (Å²) in [5.41, 5.74) is 2.65. The van der Waals surface area contributed by atoms with Gasteiger partial charge in [0.2, 0.25) is 6.20 Å². The Labute approximate surface area is 136 Å². The number of halogens is 2. The first kappa shape index (κ1) is 13.4. The Morgan fingerprint density at radius 2 is 1.64 bits per heavy atom. The van der Waals surface area contributed by atoms with Crippen LogP contribution in [0.1, 0.15) is 0 Å². The molecule has 5 heteroatoms. The van der Waals surface area contributed by atoms with Gasteiger partial charge in [-0.1, -0.05) is 41.9 Å². The number of rotatable bonds is 1. The molecule has 0 saturated heterocycles. The Hall–Kier alpha value is -2.23. The van der Waals surface area contributed by atoms with Crippen molar-refractivity contribution in [2.75, 3.05) is 0 Å². The normalized spacial score (nSPS) is 11.2. The first-order valence-corrected chi connectivity index (χ1v) is 7.51. The molecule has 0 aliphatic carbocycles. The minimum absolute atomic E-state index is 0.206. The molecule has 0 bridgehead atoms. The molecule has 3 nitrogen and oxygen atoms in total. The molecule has 0 amide bonds. The van der Waals surface area contributed by atoms with Gasteiger partial charge in [0.1, 0.15) is 5.69 Å². The Kier molecular flexibility index (Phi) is 3.17. The summed E-state index contributed by atoms with van der Waals surface area (Å²) in [4.78, 5) is 4.44. The lowest BCUT2D eigenvalue weighted by atomic mass is 10.1. The van der Waals surface area contributed by atoms with E-state index in [1.165, 1.54) is 0 Å². The van der Waals surface area contributed by atoms with Crippen LogP contribution in [0.3, 0.4) is 0 Å². The zero-order valence-corrected chi connectivity index (χ0v) is 12.9. The lowest BCUT2D eigenvalue weighted by molar-refractivity contribution is -0.579. The van der Waals surface area contributed by atoms with Crippen LogP contribution >= 0.6 is 23.2 Å². The van der Waals surface area contributed by atoms with E-state index in [4.69, 9.17) is 23.2 Å². The van der Waals surface area contributed by atoms with Crippen molar-refractivity contribution in [3.05, 3.63) is 71.1 Å². The van der Waals surface area contributed by atoms with Crippen LogP contribution in [0.15, 0.2) is 60.8 Å². The van der Waals surface area contributed by atoms with E-state index in [1.807, 2.05) is 48.7 Å². The monoisotopic (exact) mass is 326 g/mol. The highest BCUT2D eigenvalue weighted by Gasteiger charge is 2.19. The second kappa shape index (κ2) is 5.20. The molecule has 22 heavy (non-hydrogen) atoms. The van der Waals surface area contributed by atoms with Gasteiger partial charge in [0.15, 0.2) is 0 Å². The van der Waals surface area contributed by atoms with Crippen molar-refractivity contribution in [2.24, 2.45) is 0 Å². The molecule has 4 aromatic rings. The molecule has 0 radical (unpaired) electrons. The third-order valence-electron chi connectivity index (χ3n) is 3.58. The van der Waals surface area contributed by atoms with Crippen LogP contribution in [-0.2, 0) is 0 Å². The predicted octanol–water partition coefficient (Wildman–Crippen LogP) is 4.34. The SMILES string of the molecule is Clc1ccc(-c2nc(Cl)n[n+]3ccc4ccccc4c23)cc1. The van der Waals surface area contributed by atoms with Crippen LogP contribution in [0.4, 0.5) is 0 Å². The van der Waals surface area contributed by atoms with Crippen molar-refractivity contribution < 1.29 is 4.52 Å². The average Bonchev–Trinajstić information content (AvgIpc) is 2.54. The van der Waals surface area contributed by atoms with Crippen LogP contribution in [-0.4, -0.2) is 10.1 Å². The number of hydrogen-bond acceptors (Lipinski definition) is 2. The van der Waals surface area contributed by atoms with Crippen LogP contribution in [0.25, 0.3) is 27.5 Å². The molecule has 4 rings (SSSR count). The minimum Gasteiger partial charge on any atom is -0.206 e. The number of pyridine rings is 1. The summed E-state index contributed by atoms with van der Waals surface area (Å²) in [7, 11) is 0. The quantitative estimate of drug-likeness (QED) is 0.384. The third-order valence-corrected chi connectivity index (χ3v) is 3.99. The summed E-state index contributed by atoms with van der Waals surface area (Å²) in [5.74, 6) is 0. The molecule has 0 spiro atoms. The smallest absolute Gasteiger partial charge is 0.206 e. The van der Waals surface area contributed by atoms with Gasteiger partial charge in [0.05, 0.1) is 5.39 Å². The maximum Gasteiger partial charge on any atom is 0.289 e. The molecule has 2 aromatic heterocycles. The molecule has 106 valence electrons. The van der Waals surface area contributed by atoms with Crippen LogP contribution in [0, 0.1) is 0 Å². The third kappa shape index (κ3) is 2.19. The Morgan fingerprint density at radius 3 is 2.45 bits per heavy atom. The van der Waals surface area contributed by atoms with E-state index in [-0.39, 0.29) is 5.28 Å². The Balaban J connectivity index is 2.16. The Morgan fingerprint density at radius 1 is 0.864 bits per heavy atom. The van der Waals surface area contributed by atoms with Crippen LogP contribution < -0.4 is 4.52 Å². The van der Waals surface area contributed by atoms with Crippen molar-refractivity contribution in [2.45, 2.75) is 0 Å².